The van der Waals surface area contributed by atoms with Gasteiger partial charge in [0.25, 0.3) is 5.91 Å². The fourth-order valence-corrected chi connectivity index (χ4v) is 4.29. The van der Waals surface area contributed by atoms with E-state index in [1.807, 2.05) is 0 Å². The van der Waals surface area contributed by atoms with Crippen LogP contribution in [0.25, 0.3) is 16.4 Å². The lowest BCUT2D eigenvalue weighted by atomic mass is 10.0. The van der Waals surface area contributed by atoms with E-state index >= 15 is 0 Å². The van der Waals surface area contributed by atoms with Gasteiger partial charge in [0.05, 0.1) is 5.56 Å². The minimum atomic E-state index is -4.53. The van der Waals surface area contributed by atoms with Crippen molar-refractivity contribution in [2.45, 2.75) is 16.1 Å². The highest BCUT2D eigenvalue weighted by Gasteiger charge is 2.32. The number of aliphatic carboxylic acids is 1. The number of carbonyl (C=O) groups is 2. The van der Waals surface area contributed by atoms with Crippen molar-refractivity contribution in [2.75, 3.05) is 6.54 Å². The Morgan fingerprint density at radius 3 is 2.59 bits per heavy atom. The van der Waals surface area contributed by atoms with Crippen LogP contribution in [-0.4, -0.2) is 38.1 Å². The van der Waals surface area contributed by atoms with Crippen LogP contribution >= 0.6 is 11.8 Å². The van der Waals surface area contributed by atoms with Gasteiger partial charge < -0.3 is 10.4 Å². The minimum Gasteiger partial charge on any atom is -0.480 e. The third-order valence-electron chi connectivity index (χ3n) is 4.56. The van der Waals surface area contributed by atoms with E-state index in [1.54, 1.807) is 12.1 Å². The number of nitrogens with one attached hydrogen (secondary N) is 2. The van der Waals surface area contributed by atoms with Crippen molar-refractivity contribution in [1.82, 2.24) is 19.9 Å². The molecule has 4 aromatic rings. The normalized spacial score (nSPS) is 11.7. The maximum absolute atomic E-state index is 13.4. The third kappa shape index (κ3) is 3.91. The monoisotopic (exact) mass is 462 g/mol. The quantitative estimate of drug-likeness (QED) is 0.420. The van der Waals surface area contributed by atoms with Gasteiger partial charge in [0.15, 0.2) is 11.1 Å². The molecule has 2 heterocycles. The van der Waals surface area contributed by atoms with E-state index in [1.165, 1.54) is 29.0 Å². The molecule has 0 aliphatic carbocycles. The molecule has 4 rings (SSSR count). The fourth-order valence-electron chi connectivity index (χ4n) is 3.23. The summed E-state index contributed by atoms with van der Waals surface area (Å²) in [5, 5.41) is 14.2. The topological polar surface area (TPSA) is 117 Å². The van der Waals surface area contributed by atoms with Crippen LogP contribution < -0.4 is 10.7 Å². The number of benzene rings is 2. The number of pyridine rings is 1. The van der Waals surface area contributed by atoms with E-state index in [0.717, 1.165) is 23.9 Å². The van der Waals surface area contributed by atoms with Crippen LogP contribution in [-0.2, 0) is 11.0 Å². The van der Waals surface area contributed by atoms with Crippen LogP contribution in [0, 0.1) is 0 Å². The maximum Gasteiger partial charge on any atom is 0.417 e. The van der Waals surface area contributed by atoms with E-state index in [0.29, 0.717) is 10.3 Å². The van der Waals surface area contributed by atoms with Gasteiger partial charge in [-0.3, -0.25) is 19.5 Å². The highest BCUT2D eigenvalue weighted by atomic mass is 32.2. The van der Waals surface area contributed by atoms with E-state index < -0.39 is 35.6 Å². The van der Waals surface area contributed by atoms with E-state index in [9.17, 15) is 27.6 Å². The second-order valence-corrected chi connectivity index (χ2v) is 7.66. The average molecular weight is 462 g/mol. The number of fused-ring (bicyclic) bond motifs is 2. The van der Waals surface area contributed by atoms with Gasteiger partial charge in [0, 0.05) is 11.0 Å². The van der Waals surface area contributed by atoms with Crippen LogP contribution in [0.2, 0.25) is 0 Å². The number of carboxylic acids is 1. The number of halogens is 3. The molecule has 0 fully saturated rings. The fraction of sp³-hybridized carbons (Fsp3) is 0.100. The molecule has 0 aliphatic heterocycles. The summed E-state index contributed by atoms with van der Waals surface area (Å²) >= 11 is 1.02. The van der Waals surface area contributed by atoms with Gasteiger partial charge in [-0.2, -0.15) is 13.2 Å². The van der Waals surface area contributed by atoms with Gasteiger partial charge in [-0.1, -0.05) is 36.0 Å². The second kappa shape index (κ2) is 8.04. The van der Waals surface area contributed by atoms with Gasteiger partial charge in [-0.05, 0) is 22.9 Å². The lowest BCUT2D eigenvalue weighted by Gasteiger charge is -2.13. The first-order chi connectivity index (χ1) is 15.2. The summed E-state index contributed by atoms with van der Waals surface area (Å²) in [5.41, 5.74) is -1.88. The zero-order valence-electron chi connectivity index (χ0n) is 15.9. The van der Waals surface area contributed by atoms with E-state index in [2.05, 4.69) is 15.4 Å². The number of alkyl halides is 3. The van der Waals surface area contributed by atoms with Crippen molar-refractivity contribution in [3.63, 3.8) is 0 Å². The number of nitrogens with zero attached hydrogens (tertiary/aromatic N) is 2. The summed E-state index contributed by atoms with van der Waals surface area (Å²) < 4.78 is 41.5. The predicted octanol–water partition coefficient (Wildman–Crippen LogP) is 3.16. The number of H-pyrrole nitrogens is 1. The highest BCUT2D eigenvalue weighted by Crippen LogP contribution is 2.39. The number of amides is 1. The van der Waals surface area contributed by atoms with Gasteiger partial charge in [-0.25, -0.2) is 9.50 Å². The Bertz CT molecular complexity index is 1430. The number of hydrogen-bond acceptors (Lipinski definition) is 5. The number of hydrogen-bond donors (Lipinski definition) is 3. The van der Waals surface area contributed by atoms with Gasteiger partial charge in [0.2, 0.25) is 0 Å². The second-order valence-electron chi connectivity index (χ2n) is 6.60. The summed E-state index contributed by atoms with van der Waals surface area (Å²) in [6, 6.07) is 9.47. The Labute approximate surface area is 181 Å². The number of rotatable bonds is 5. The molecule has 0 unspecified atom stereocenters. The van der Waals surface area contributed by atoms with Crippen molar-refractivity contribution in [3.8, 4) is 0 Å². The number of carboxylic acid groups (broad SMARTS) is 1. The molecule has 2 aromatic carbocycles. The largest absolute Gasteiger partial charge is 0.480 e. The van der Waals surface area contributed by atoms with Gasteiger partial charge in [-0.15, -0.1) is 0 Å². The summed E-state index contributed by atoms with van der Waals surface area (Å²) in [5.74, 6) is -2.18. The van der Waals surface area contributed by atoms with Crippen molar-refractivity contribution < 1.29 is 27.9 Å². The highest BCUT2D eigenvalue weighted by molar-refractivity contribution is 7.99. The number of aromatic amines is 1. The molecule has 32 heavy (non-hydrogen) atoms. The van der Waals surface area contributed by atoms with E-state index in [-0.39, 0.29) is 21.6 Å². The molecule has 0 spiro atoms. The van der Waals surface area contributed by atoms with Crippen molar-refractivity contribution >= 4 is 40.1 Å². The van der Waals surface area contributed by atoms with Gasteiger partial charge >= 0.3 is 12.1 Å². The lowest BCUT2D eigenvalue weighted by molar-refractivity contribution is -0.137. The number of aromatic nitrogens is 3. The Morgan fingerprint density at radius 2 is 1.88 bits per heavy atom. The molecule has 0 radical (unpaired) electrons. The molecule has 2 aromatic heterocycles. The molecule has 0 saturated carbocycles. The van der Waals surface area contributed by atoms with E-state index in [4.69, 9.17) is 5.11 Å². The third-order valence-corrected chi connectivity index (χ3v) is 5.65. The smallest absolute Gasteiger partial charge is 0.417 e. The summed E-state index contributed by atoms with van der Waals surface area (Å²) in [6.07, 6.45) is -3.29. The molecule has 164 valence electrons. The molecule has 0 saturated heterocycles. The summed E-state index contributed by atoms with van der Waals surface area (Å²) in [4.78, 5) is 40.1. The molecule has 0 atom stereocenters. The Balaban J connectivity index is 1.80. The van der Waals surface area contributed by atoms with Crippen molar-refractivity contribution in [3.05, 3.63) is 70.1 Å². The minimum absolute atomic E-state index is 0.0165. The number of carbonyl (C=O) groups excluding carboxylic acids is 1. The summed E-state index contributed by atoms with van der Waals surface area (Å²) in [6.45, 7) is -0.678. The zero-order chi connectivity index (χ0) is 23.0. The Morgan fingerprint density at radius 1 is 1.16 bits per heavy atom. The van der Waals surface area contributed by atoms with Crippen molar-refractivity contribution in [1.29, 1.82) is 0 Å². The first-order valence-corrected chi connectivity index (χ1v) is 9.84. The molecule has 8 nitrogen and oxygen atoms in total. The zero-order valence-corrected chi connectivity index (χ0v) is 16.8. The average Bonchev–Trinajstić information content (AvgIpc) is 3.21. The molecule has 1 amide bonds. The molecule has 3 N–H and O–H groups in total. The molecule has 0 bridgehead atoms. The van der Waals surface area contributed by atoms with Crippen molar-refractivity contribution in [2.24, 2.45) is 0 Å². The van der Waals surface area contributed by atoms with Gasteiger partial charge in [0.1, 0.15) is 23.5 Å². The Hall–Kier alpha value is -3.80. The lowest BCUT2D eigenvalue weighted by Crippen LogP contribution is -2.33. The maximum atomic E-state index is 13.4. The standard InChI is InChI=1S/C20H13F3N4O4S/c21-20(22,23)12-5-1-4-11-10(12)3-2-6-14(11)32-15-7-13(28)17(18-25-9-26-27(15)18)19(31)24-8-16(29)30/h1-7,9H,8H2,(H,24,31)(H,25,26)(H,29,30). The van der Waals surface area contributed by atoms with Crippen LogP contribution in [0.15, 0.2) is 63.5 Å². The summed E-state index contributed by atoms with van der Waals surface area (Å²) in [7, 11) is 0. The molecular weight excluding hydrogens is 449 g/mol. The first kappa shape index (κ1) is 21.4. The van der Waals surface area contributed by atoms with Crippen LogP contribution in [0.1, 0.15) is 15.9 Å². The van der Waals surface area contributed by atoms with Crippen LogP contribution in [0.3, 0.4) is 0 Å². The molecule has 12 heteroatoms. The molecule has 0 aliphatic rings. The SMILES string of the molecule is O=C(O)CNC(=O)c1c(=O)cc(Sc2cccc3c(C(F)(F)F)cccc23)n2[nH]cnc12. The Kier molecular flexibility index (Phi) is 5.38. The first-order valence-electron chi connectivity index (χ1n) is 9.02. The molecular formula is C20H13F3N4O4S. The van der Waals surface area contributed by atoms with Crippen LogP contribution in [0.4, 0.5) is 13.2 Å². The predicted molar refractivity (Wildman–Crippen MR) is 109 cm³/mol. The van der Waals surface area contributed by atoms with Crippen LogP contribution in [0.5, 0.6) is 0 Å².